The number of nitrogens with one attached hydrogen (secondary N) is 3. The van der Waals surface area contributed by atoms with Gasteiger partial charge in [0.25, 0.3) is 15.9 Å². The lowest BCUT2D eigenvalue weighted by Crippen LogP contribution is -2.42. The van der Waals surface area contributed by atoms with Crippen LogP contribution < -0.4 is 15.4 Å². The fraction of sp³-hybridized carbons (Fsp3) is 0.278. The second kappa shape index (κ2) is 8.07. The third-order valence-electron chi connectivity index (χ3n) is 4.16. The summed E-state index contributed by atoms with van der Waals surface area (Å²) < 4.78 is 27.6. The largest absolute Gasteiger partial charge is 0.349 e. The maximum atomic E-state index is 12.6. The smallest absolute Gasteiger partial charge is 0.261 e. The zero-order valence-corrected chi connectivity index (χ0v) is 15.6. The third kappa shape index (κ3) is 4.75. The van der Waals surface area contributed by atoms with Gasteiger partial charge >= 0.3 is 0 Å². The lowest BCUT2D eigenvalue weighted by Gasteiger charge is -2.23. The Morgan fingerprint density at radius 2 is 1.81 bits per heavy atom. The van der Waals surface area contributed by atoms with Gasteiger partial charge in [-0.25, -0.2) is 8.42 Å². The lowest BCUT2D eigenvalue weighted by molar-refractivity contribution is 0.0929. The molecule has 138 valence electrons. The number of carbonyl (C=O) groups is 1. The van der Waals surface area contributed by atoms with Crippen molar-refractivity contribution in [3.63, 3.8) is 0 Å². The Kier molecular flexibility index (Phi) is 5.80. The van der Waals surface area contributed by atoms with Gasteiger partial charge in [0, 0.05) is 16.6 Å². The Morgan fingerprint density at radius 1 is 1.08 bits per heavy atom. The number of anilines is 1. The highest BCUT2D eigenvalue weighted by Gasteiger charge is 2.19. The van der Waals surface area contributed by atoms with E-state index in [0.717, 1.165) is 25.9 Å². The zero-order chi connectivity index (χ0) is 18.6. The molecule has 0 unspecified atom stereocenters. The first-order chi connectivity index (χ1) is 12.4. The minimum atomic E-state index is -3.82. The molecule has 0 radical (unpaired) electrons. The molecule has 2 aromatic carbocycles. The Labute approximate surface area is 158 Å². The van der Waals surface area contributed by atoms with Gasteiger partial charge in [-0.2, -0.15) is 0 Å². The van der Waals surface area contributed by atoms with E-state index in [4.69, 9.17) is 11.6 Å². The number of amides is 1. The van der Waals surface area contributed by atoms with E-state index in [2.05, 4.69) is 15.4 Å². The number of carbonyl (C=O) groups excluding carboxylic acids is 1. The van der Waals surface area contributed by atoms with Gasteiger partial charge in [0.2, 0.25) is 0 Å². The van der Waals surface area contributed by atoms with Crippen LogP contribution >= 0.6 is 11.6 Å². The van der Waals surface area contributed by atoms with Crippen molar-refractivity contribution in [1.82, 2.24) is 10.6 Å². The van der Waals surface area contributed by atoms with Crippen LogP contribution in [0.2, 0.25) is 5.02 Å². The Balaban J connectivity index is 1.76. The van der Waals surface area contributed by atoms with Crippen molar-refractivity contribution in [2.75, 3.05) is 17.8 Å². The quantitative estimate of drug-likeness (QED) is 0.728. The Bertz CT molecular complexity index is 896. The molecule has 1 aliphatic rings. The van der Waals surface area contributed by atoms with Gasteiger partial charge in [-0.15, -0.1) is 0 Å². The molecular weight excluding hydrogens is 374 g/mol. The molecule has 0 atom stereocenters. The first kappa shape index (κ1) is 18.7. The van der Waals surface area contributed by atoms with E-state index < -0.39 is 10.0 Å². The van der Waals surface area contributed by atoms with Crippen molar-refractivity contribution in [3.8, 4) is 0 Å². The predicted octanol–water partition coefficient (Wildman–Crippen LogP) is 2.62. The van der Waals surface area contributed by atoms with Crippen LogP contribution in [0.5, 0.6) is 0 Å². The zero-order valence-electron chi connectivity index (χ0n) is 14.0. The van der Waals surface area contributed by atoms with Crippen LogP contribution in [0.15, 0.2) is 53.4 Å². The van der Waals surface area contributed by atoms with E-state index >= 15 is 0 Å². The van der Waals surface area contributed by atoms with E-state index in [1.807, 2.05) is 0 Å². The molecule has 3 N–H and O–H groups in total. The normalized spacial score (nSPS) is 15.4. The summed E-state index contributed by atoms with van der Waals surface area (Å²) in [6, 6.07) is 12.5. The number of sulfonamides is 1. The Hall–Kier alpha value is -2.09. The highest BCUT2D eigenvalue weighted by Crippen LogP contribution is 2.20. The molecular formula is C18H20ClN3O3S. The van der Waals surface area contributed by atoms with Gasteiger partial charge < -0.3 is 10.6 Å². The molecule has 1 saturated heterocycles. The minimum Gasteiger partial charge on any atom is -0.349 e. The first-order valence-corrected chi connectivity index (χ1v) is 10.2. The van der Waals surface area contributed by atoms with E-state index in [1.165, 1.54) is 18.2 Å². The van der Waals surface area contributed by atoms with Crippen LogP contribution in [0.3, 0.4) is 0 Å². The van der Waals surface area contributed by atoms with Crippen LogP contribution in [0, 0.1) is 0 Å². The molecule has 1 aliphatic heterocycles. The summed E-state index contributed by atoms with van der Waals surface area (Å²) in [4.78, 5) is 12.5. The van der Waals surface area contributed by atoms with Gasteiger partial charge in [0.15, 0.2) is 0 Å². The molecule has 26 heavy (non-hydrogen) atoms. The summed E-state index contributed by atoms with van der Waals surface area (Å²) in [5.41, 5.74) is 0.680. The van der Waals surface area contributed by atoms with E-state index in [-0.39, 0.29) is 16.8 Å². The molecule has 1 amide bonds. The second-order valence-electron chi connectivity index (χ2n) is 6.14. The maximum Gasteiger partial charge on any atom is 0.261 e. The van der Waals surface area contributed by atoms with Crippen molar-refractivity contribution < 1.29 is 13.2 Å². The summed E-state index contributed by atoms with van der Waals surface area (Å²) in [5, 5.41) is 6.63. The predicted molar refractivity (Wildman–Crippen MR) is 102 cm³/mol. The highest BCUT2D eigenvalue weighted by molar-refractivity contribution is 7.92. The van der Waals surface area contributed by atoms with E-state index in [1.54, 1.807) is 30.3 Å². The molecule has 1 heterocycles. The average molecular weight is 394 g/mol. The van der Waals surface area contributed by atoms with Gasteiger partial charge in [-0.3, -0.25) is 9.52 Å². The second-order valence-corrected chi connectivity index (χ2v) is 8.26. The van der Waals surface area contributed by atoms with E-state index in [0.29, 0.717) is 16.3 Å². The van der Waals surface area contributed by atoms with Crippen molar-refractivity contribution >= 4 is 33.2 Å². The SMILES string of the molecule is O=C(NC1CCNCC1)c1cccc(S(=O)(=O)Nc2cccc(Cl)c2)c1. The summed E-state index contributed by atoms with van der Waals surface area (Å²) in [5.74, 6) is -0.267. The minimum absolute atomic E-state index is 0.0236. The number of benzene rings is 2. The van der Waals surface area contributed by atoms with Crippen molar-refractivity contribution in [2.45, 2.75) is 23.8 Å². The van der Waals surface area contributed by atoms with Crippen LogP contribution in [0.25, 0.3) is 0 Å². The van der Waals surface area contributed by atoms with Gasteiger partial charge in [-0.1, -0.05) is 23.7 Å². The molecule has 0 aromatic heterocycles. The summed E-state index contributed by atoms with van der Waals surface area (Å²) in [7, 11) is -3.82. The molecule has 8 heteroatoms. The van der Waals surface area contributed by atoms with Gasteiger partial charge in [0.1, 0.15) is 0 Å². The number of piperidine rings is 1. The van der Waals surface area contributed by atoms with Crippen molar-refractivity contribution in [1.29, 1.82) is 0 Å². The van der Waals surface area contributed by atoms with Crippen molar-refractivity contribution in [3.05, 3.63) is 59.1 Å². The lowest BCUT2D eigenvalue weighted by atomic mass is 10.1. The summed E-state index contributed by atoms with van der Waals surface area (Å²) in [6.07, 6.45) is 1.72. The molecule has 0 spiro atoms. The average Bonchev–Trinajstić information content (AvgIpc) is 2.62. The van der Waals surface area contributed by atoms with Gasteiger partial charge in [0.05, 0.1) is 10.6 Å². The standard InChI is InChI=1S/C18H20ClN3O3S/c19-14-4-2-5-16(12-14)22-26(24,25)17-6-1-3-13(11-17)18(23)21-15-7-9-20-10-8-15/h1-6,11-12,15,20,22H,7-10H2,(H,21,23). The number of hydrogen-bond acceptors (Lipinski definition) is 4. The fourth-order valence-corrected chi connectivity index (χ4v) is 4.09. The molecule has 2 aromatic rings. The van der Waals surface area contributed by atoms with Gasteiger partial charge in [-0.05, 0) is 62.3 Å². The maximum absolute atomic E-state index is 12.6. The van der Waals surface area contributed by atoms with Crippen LogP contribution in [0.1, 0.15) is 23.2 Å². The monoisotopic (exact) mass is 393 g/mol. The molecule has 0 saturated carbocycles. The molecule has 0 bridgehead atoms. The summed E-state index contributed by atoms with van der Waals surface area (Å²) >= 11 is 5.89. The molecule has 0 aliphatic carbocycles. The fourth-order valence-electron chi connectivity index (χ4n) is 2.81. The van der Waals surface area contributed by atoms with Crippen LogP contribution in [0.4, 0.5) is 5.69 Å². The Morgan fingerprint density at radius 3 is 2.54 bits per heavy atom. The number of halogens is 1. The highest BCUT2D eigenvalue weighted by atomic mass is 35.5. The molecule has 6 nitrogen and oxygen atoms in total. The molecule has 1 fully saturated rings. The van der Waals surface area contributed by atoms with E-state index in [9.17, 15) is 13.2 Å². The van der Waals surface area contributed by atoms with Crippen molar-refractivity contribution in [2.24, 2.45) is 0 Å². The number of rotatable bonds is 5. The summed E-state index contributed by atoms with van der Waals surface area (Å²) in [6.45, 7) is 1.73. The van der Waals surface area contributed by atoms with Crippen LogP contribution in [-0.4, -0.2) is 33.5 Å². The van der Waals surface area contributed by atoms with Crippen LogP contribution in [-0.2, 0) is 10.0 Å². The molecule has 3 rings (SSSR count). The first-order valence-electron chi connectivity index (χ1n) is 8.34. The number of hydrogen-bond donors (Lipinski definition) is 3. The third-order valence-corrected chi connectivity index (χ3v) is 5.77. The topological polar surface area (TPSA) is 87.3 Å².